The first kappa shape index (κ1) is 24.8. The van der Waals surface area contributed by atoms with Gasteiger partial charge in [-0.3, -0.25) is 0 Å². The van der Waals surface area contributed by atoms with Crippen LogP contribution in [0.4, 0.5) is 22.9 Å². The highest BCUT2D eigenvalue weighted by molar-refractivity contribution is 6.86. The summed E-state index contributed by atoms with van der Waals surface area (Å²) in [6.45, 7) is -0.0807. The van der Waals surface area contributed by atoms with E-state index in [1.54, 1.807) is 0 Å². The molecule has 0 amide bonds. The van der Waals surface area contributed by atoms with Gasteiger partial charge in [0.2, 0.25) is 6.33 Å². The van der Waals surface area contributed by atoms with Gasteiger partial charge in [-0.2, -0.15) is 0 Å². The van der Waals surface area contributed by atoms with Gasteiger partial charge in [0.1, 0.15) is 17.3 Å². The maximum absolute atomic E-state index is 6.56. The van der Waals surface area contributed by atoms with E-state index in [2.05, 4.69) is 130 Å². The van der Waals surface area contributed by atoms with Crippen LogP contribution in [0, 0.1) is 6.33 Å². The third kappa shape index (κ3) is 3.69. The Morgan fingerprint density at radius 3 is 2.36 bits per heavy atom. The summed E-state index contributed by atoms with van der Waals surface area (Å²) in [6, 6.07) is 46.2. The molecule has 5 aromatic carbocycles. The zero-order valence-corrected chi connectivity index (χ0v) is 24.0. The van der Waals surface area contributed by atoms with Crippen molar-refractivity contribution in [1.29, 1.82) is 0 Å². The fourth-order valence-electron chi connectivity index (χ4n) is 6.70. The van der Waals surface area contributed by atoms with Crippen molar-refractivity contribution < 1.29 is 9.30 Å². The Labute approximate surface area is 255 Å². The molecule has 0 saturated carbocycles. The number of nitrogens with zero attached hydrogens (tertiary/aromatic N) is 5. The molecule has 0 aliphatic carbocycles. The Morgan fingerprint density at radius 1 is 0.659 bits per heavy atom. The molecule has 44 heavy (non-hydrogen) atoms. The van der Waals surface area contributed by atoms with Gasteiger partial charge < -0.3 is 23.5 Å². The first-order valence-electron chi connectivity index (χ1n) is 14.7. The molecule has 2 aliphatic heterocycles. The van der Waals surface area contributed by atoms with Crippen molar-refractivity contribution in [2.75, 3.05) is 9.62 Å². The number of aryl methyl sites for hydroxylation is 1. The predicted molar refractivity (Wildman–Crippen MR) is 176 cm³/mol. The summed E-state index contributed by atoms with van der Waals surface area (Å²) < 4.78 is 10.6. The number of fused-ring (bicyclic) bond motifs is 9. The second-order valence-corrected chi connectivity index (χ2v) is 11.1. The monoisotopic (exact) mass is 567 g/mol. The molecule has 2 aromatic heterocycles. The Balaban J connectivity index is 1.16. The minimum Gasteiger partial charge on any atom is -0.458 e. The number of benzene rings is 5. The largest absolute Gasteiger partial charge is 0.458 e. The molecule has 208 valence electrons. The molecular formula is C37H26BN5O. The van der Waals surface area contributed by atoms with Crippen molar-refractivity contribution in [3.05, 3.63) is 146 Å². The van der Waals surface area contributed by atoms with Crippen LogP contribution in [-0.4, -0.2) is 16.5 Å². The van der Waals surface area contributed by atoms with Crippen molar-refractivity contribution in [2.24, 2.45) is 7.05 Å². The number of hydrogen-bond acceptors (Lipinski definition) is 4. The van der Waals surface area contributed by atoms with Crippen LogP contribution < -0.4 is 24.4 Å². The van der Waals surface area contributed by atoms with E-state index in [1.165, 1.54) is 11.0 Å². The summed E-state index contributed by atoms with van der Waals surface area (Å²) >= 11 is 0. The van der Waals surface area contributed by atoms with Gasteiger partial charge in [-0.05, 0) is 59.6 Å². The van der Waals surface area contributed by atoms with Gasteiger partial charge in [0.05, 0.1) is 35.1 Å². The van der Waals surface area contributed by atoms with E-state index >= 15 is 0 Å². The van der Waals surface area contributed by atoms with E-state index in [9.17, 15) is 0 Å². The van der Waals surface area contributed by atoms with Gasteiger partial charge in [-0.1, -0.05) is 78.9 Å². The third-order valence-electron chi connectivity index (χ3n) is 8.58. The van der Waals surface area contributed by atoms with E-state index in [4.69, 9.17) is 9.72 Å². The molecule has 0 radical (unpaired) electrons. The molecule has 0 unspecified atom stereocenters. The Hall–Kier alpha value is -5.82. The molecule has 4 heterocycles. The number of rotatable bonds is 4. The number of anilines is 4. The van der Waals surface area contributed by atoms with Gasteiger partial charge in [-0.25, -0.2) is 4.98 Å². The number of ether oxygens (including phenoxy) is 1. The topological polar surface area (TPSA) is 37.4 Å². The van der Waals surface area contributed by atoms with Crippen LogP contribution in [0.25, 0.3) is 27.8 Å². The van der Waals surface area contributed by atoms with Crippen LogP contribution in [0.3, 0.4) is 0 Å². The normalized spacial score (nSPS) is 13.0. The molecular weight excluding hydrogens is 541 g/mol. The molecule has 2 aliphatic rings. The van der Waals surface area contributed by atoms with Crippen LogP contribution in [0.2, 0.25) is 0 Å². The predicted octanol–water partition coefficient (Wildman–Crippen LogP) is 7.11. The average molecular weight is 567 g/mol. The molecule has 7 aromatic rings. The minimum absolute atomic E-state index is 0.0807. The molecule has 0 atom stereocenters. The zero-order valence-electron chi connectivity index (χ0n) is 24.0. The van der Waals surface area contributed by atoms with Crippen LogP contribution >= 0.6 is 0 Å². The number of para-hydroxylation sites is 3. The number of pyridine rings is 1. The molecule has 0 N–H and O–H groups in total. The van der Waals surface area contributed by atoms with Crippen LogP contribution in [0.5, 0.6) is 11.5 Å². The maximum atomic E-state index is 6.56. The molecule has 0 bridgehead atoms. The zero-order chi connectivity index (χ0) is 29.2. The summed E-state index contributed by atoms with van der Waals surface area (Å²) in [4.78, 5) is 9.68. The van der Waals surface area contributed by atoms with Crippen molar-refractivity contribution in [3.63, 3.8) is 0 Å². The summed E-state index contributed by atoms with van der Waals surface area (Å²) in [5.41, 5.74) is 10.1. The number of hydrogen-bond donors (Lipinski definition) is 0. The summed E-state index contributed by atoms with van der Waals surface area (Å²) in [5, 5.41) is 0. The Morgan fingerprint density at radius 2 is 1.43 bits per heavy atom. The van der Waals surface area contributed by atoms with Crippen LogP contribution in [-0.2, 0) is 7.05 Å². The van der Waals surface area contributed by atoms with Crippen molar-refractivity contribution in [3.8, 4) is 28.3 Å². The Bertz CT molecular complexity index is 2210. The highest BCUT2D eigenvalue weighted by Crippen LogP contribution is 2.51. The molecule has 0 saturated heterocycles. The lowest BCUT2D eigenvalue weighted by molar-refractivity contribution is -0.649. The van der Waals surface area contributed by atoms with E-state index in [0.29, 0.717) is 0 Å². The fourth-order valence-corrected chi connectivity index (χ4v) is 6.70. The van der Waals surface area contributed by atoms with E-state index in [-0.39, 0.29) is 6.98 Å². The standard InChI is InChI=1S/C37H26BN5O/c1-40-25-41(34-19-8-7-18-33(34)40)27-13-9-14-28(23-27)44-29-20-21-35-36(24-29)43-37-31(16-10-22-39-37)30-15-5-6-17-32(30)38(43)42(35)26-11-3-2-4-12-26/h2-24H,1H3. The fraction of sp³-hybridized carbons (Fsp3) is 0.0270. The highest BCUT2D eigenvalue weighted by atomic mass is 16.5. The van der Waals surface area contributed by atoms with Gasteiger partial charge in [-0.15, -0.1) is 0 Å². The smallest absolute Gasteiger partial charge is 0.422 e. The third-order valence-corrected chi connectivity index (χ3v) is 8.58. The lowest BCUT2D eigenvalue weighted by atomic mass is 9.60. The molecule has 7 heteroatoms. The minimum atomic E-state index is -0.0807. The first-order chi connectivity index (χ1) is 21.7. The van der Waals surface area contributed by atoms with Gasteiger partial charge in [0, 0.05) is 23.5 Å². The quantitative estimate of drug-likeness (QED) is 0.129. The summed E-state index contributed by atoms with van der Waals surface area (Å²) in [5.74, 6) is 2.46. The van der Waals surface area contributed by atoms with Gasteiger partial charge in [0.25, 0.3) is 0 Å². The summed E-state index contributed by atoms with van der Waals surface area (Å²) in [6.07, 6.45) is 5.30. The van der Waals surface area contributed by atoms with Crippen LogP contribution in [0.1, 0.15) is 0 Å². The van der Waals surface area contributed by atoms with Crippen molar-refractivity contribution in [2.45, 2.75) is 0 Å². The molecule has 0 fully saturated rings. The van der Waals surface area contributed by atoms with Crippen LogP contribution in [0.15, 0.2) is 140 Å². The van der Waals surface area contributed by atoms with Gasteiger partial charge >= 0.3 is 6.98 Å². The number of aromatic nitrogens is 3. The van der Waals surface area contributed by atoms with Crippen molar-refractivity contribution in [1.82, 2.24) is 9.55 Å². The lowest BCUT2D eigenvalue weighted by Gasteiger charge is -2.35. The first-order valence-corrected chi connectivity index (χ1v) is 14.7. The molecule has 9 rings (SSSR count). The average Bonchev–Trinajstić information content (AvgIpc) is 3.60. The second kappa shape index (κ2) is 9.61. The van der Waals surface area contributed by atoms with Crippen molar-refractivity contribution >= 4 is 46.4 Å². The molecule has 6 nitrogen and oxygen atoms in total. The van der Waals surface area contributed by atoms with E-state index in [1.807, 2.05) is 42.1 Å². The number of imidazole rings is 1. The second-order valence-electron chi connectivity index (χ2n) is 11.1. The Kier molecular flexibility index (Phi) is 5.41. The SMILES string of the molecule is C[n+]1[c-]n(-c2cccc(Oc3ccc4c(c3)N3B(c5ccccc5-c5cccnc53)N4c3ccccc3)c2)c2ccccc21. The molecule has 0 spiro atoms. The summed E-state index contributed by atoms with van der Waals surface area (Å²) in [7, 11) is 2.02. The van der Waals surface area contributed by atoms with E-state index in [0.717, 1.165) is 56.7 Å². The van der Waals surface area contributed by atoms with Gasteiger partial charge in [0.15, 0.2) is 0 Å². The van der Waals surface area contributed by atoms with E-state index < -0.39 is 0 Å². The maximum Gasteiger partial charge on any atom is 0.422 e. The highest BCUT2D eigenvalue weighted by Gasteiger charge is 2.48. The lowest BCUT2D eigenvalue weighted by Crippen LogP contribution is -2.55.